The van der Waals surface area contributed by atoms with E-state index in [1.165, 1.54) is 25.2 Å². The van der Waals surface area contributed by atoms with Gasteiger partial charge in [-0.25, -0.2) is 0 Å². The van der Waals surface area contributed by atoms with Gasteiger partial charge >= 0.3 is 5.97 Å². The maximum absolute atomic E-state index is 12.5. The minimum absolute atomic E-state index is 0.0110. The van der Waals surface area contributed by atoms with Gasteiger partial charge in [0, 0.05) is 7.05 Å². The van der Waals surface area contributed by atoms with Crippen LogP contribution in [0.2, 0.25) is 0 Å². The lowest BCUT2D eigenvalue weighted by Crippen LogP contribution is -2.37. The Bertz CT molecular complexity index is 1210. The number of phenols is 1. The van der Waals surface area contributed by atoms with Gasteiger partial charge in [0.05, 0.1) is 17.3 Å². The molecule has 0 saturated carbocycles. The van der Waals surface area contributed by atoms with Crippen LogP contribution in [0.15, 0.2) is 58.1 Å². The van der Waals surface area contributed by atoms with Crippen LogP contribution >= 0.6 is 0 Å². The molecule has 0 radical (unpaired) electrons. The molecule has 0 aliphatic rings. The summed E-state index contributed by atoms with van der Waals surface area (Å²) in [5.74, 6) is -2.35. The summed E-state index contributed by atoms with van der Waals surface area (Å²) in [6.07, 6.45) is 0.660. The highest BCUT2D eigenvalue weighted by Gasteiger charge is 2.26. The highest BCUT2D eigenvalue weighted by Crippen LogP contribution is 2.33. The number of hydrogen-bond donors (Lipinski definition) is 4. The predicted octanol–water partition coefficient (Wildman–Crippen LogP) is 2.45. The second kappa shape index (κ2) is 9.34. The Morgan fingerprint density at radius 3 is 2.28 bits per heavy atom. The van der Waals surface area contributed by atoms with Gasteiger partial charge in [-0.2, -0.15) is 0 Å². The summed E-state index contributed by atoms with van der Waals surface area (Å²) in [6, 6.07) is 13.5. The van der Waals surface area contributed by atoms with Crippen LogP contribution in [0.25, 0.3) is 0 Å². The third-order valence-corrected chi connectivity index (χ3v) is 5.08. The van der Waals surface area contributed by atoms with Gasteiger partial charge in [0.15, 0.2) is 5.75 Å². The van der Waals surface area contributed by atoms with E-state index >= 15 is 0 Å². The van der Waals surface area contributed by atoms with Crippen LogP contribution in [0.4, 0.5) is 17.1 Å². The molecule has 3 aromatic rings. The SMILES string of the molecule is CC[C@@H](Nc1c(Nc2cccc(C(=O)N(C)CC(=O)O)c2O)c(=O)c1=O)c1ccccc1. The van der Waals surface area contributed by atoms with Crippen molar-refractivity contribution < 1.29 is 19.8 Å². The molecule has 0 bridgehead atoms. The molecule has 9 heteroatoms. The molecule has 0 spiro atoms. The number of carboxylic acids is 1. The molecule has 0 saturated heterocycles. The van der Waals surface area contributed by atoms with Crippen LogP contribution in [0.5, 0.6) is 5.75 Å². The highest BCUT2D eigenvalue weighted by atomic mass is 16.4. The maximum atomic E-state index is 12.5. The predicted molar refractivity (Wildman–Crippen MR) is 120 cm³/mol. The molecular weight excluding hydrogens is 414 g/mol. The van der Waals surface area contributed by atoms with Crippen LogP contribution < -0.4 is 21.5 Å². The molecule has 9 nitrogen and oxygen atoms in total. The molecule has 0 unspecified atom stereocenters. The first-order valence-electron chi connectivity index (χ1n) is 9.95. The van der Waals surface area contributed by atoms with E-state index in [0.29, 0.717) is 6.42 Å². The third-order valence-electron chi connectivity index (χ3n) is 5.08. The Labute approximate surface area is 183 Å². The van der Waals surface area contributed by atoms with Crippen molar-refractivity contribution in [2.24, 2.45) is 0 Å². The molecule has 0 aliphatic heterocycles. The first-order chi connectivity index (χ1) is 15.2. The molecule has 3 aromatic carbocycles. The number of rotatable bonds is 9. The number of amides is 1. The van der Waals surface area contributed by atoms with E-state index < -0.39 is 35.0 Å². The fraction of sp³-hybridized carbons (Fsp3) is 0.217. The lowest BCUT2D eigenvalue weighted by molar-refractivity contribution is -0.137. The molecule has 0 heterocycles. The van der Waals surface area contributed by atoms with Crippen molar-refractivity contribution in [1.82, 2.24) is 4.90 Å². The minimum atomic E-state index is -1.20. The Balaban J connectivity index is 1.87. The topological polar surface area (TPSA) is 136 Å². The number of likely N-dealkylation sites (N-methyl/N-ethyl adjacent to an activating group) is 1. The molecule has 166 valence electrons. The van der Waals surface area contributed by atoms with Gasteiger partial charge in [-0.3, -0.25) is 19.2 Å². The summed E-state index contributed by atoms with van der Waals surface area (Å²) in [5, 5.41) is 25.3. The lowest BCUT2D eigenvalue weighted by Gasteiger charge is -2.22. The summed E-state index contributed by atoms with van der Waals surface area (Å²) in [5.41, 5.74) is -0.464. The van der Waals surface area contributed by atoms with Crippen LogP contribution in [0.3, 0.4) is 0 Å². The summed E-state index contributed by atoms with van der Waals surface area (Å²) < 4.78 is 0. The average Bonchev–Trinajstić information content (AvgIpc) is 2.79. The summed E-state index contributed by atoms with van der Waals surface area (Å²) in [4.78, 5) is 48.7. The summed E-state index contributed by atoms with van der Waals surface area (Å²) in [6.45, 7) is 1.40. The number of nitrogens with one attached hydrogen (secondary N) is 2. The smallest absolute Gasteiger partial charge is 0.323 e. The largest absolute Gasteiger partial charge is 0.505 e. The zero-order valence-electron chi connectivity index (χ0n) is 17.6. The summed E-state index contributed by atoms with van der Waals surface area (Å²) >= 11 is 0. The van der Waals surface area contributed by atoms with Gasteiger partial charge < -0.3 is 25.7 Å². The summed E-state index contributed by atoms with van der Waals surface area (Å²) in [7, 11) is 1.29. The van der Waals surface area contributed by atoms with E-state index in [1.54, 1.807) is 0 Å². The molecule has 4 N–H and O–H groups in total. The van der Waals surface area contributed by atoms with Crippen LogP contribution in [-0.4, -0.2) is 40.6 Å². The van der Waals surface area contributed by atoms with Gasteiger partial charge in [0.25, 0.3) is 16.8 Å². The van der Waals surface area contributed by atoms with Crippen LogP contribution in [0, 0.1) is 0 Å². The van der Waals surface area contributed by atoms with E-state index in [0.717, 1.165) is 10.5 Å². The zero-order valence-corrected chi connectivity index (χ0v) is 17.6. The number of phenolic OH excluding ortho intramolecular Hbond substituents is 1. The third kappa shape index (κ3) is 4.46. The number of carboxylic acid groups (broad SMARTS) is 1. The number of carbonyl (C=O) groups is 2. The van der Waals surface area contributed by atoms with E-state index in [2.05, 4.69) is 10.6 Å². The normalized spacial score (nSPS) is 11.7. The molecule has 1 atom stereocenters. The van der Waals surface area contributed by atoms with Gasteiger partial charge in [0.1, 0.15) is 17.9 Å². The van der Waals surface area contributed by atoms with Crippen LogP contribution in [-0.2, 0) is 4.79 Å². The number of hydrogen-bond acceptors (Lipinski definition) is 7. The Morgan fingerprint density at radius 2 is 1.66 bits per heavy atom. The van der Waals surface area contributed by atoms with Crippen molar-refractivity contribution in [3.8, 4) is 5.75 Å². The number of aliphatic carboxylic acids is 1. The second-order valence-electron chi connectivity index (χ2n) is 7.31. The van der Waals surface area contributed by atoms with Gasteiger partial charge in [-0.15, -0.1) is 0 Å². The van der Waals surface area contributed by atoms with Gasteiger partial charge in [-0.05, 0) is 24.1 Å². The Kier molecular flexibility index (Phi) is 6.58. The Morgan fingerprint density at radius 1 is 1.00 bits per heavy atom. The van der Waals surface area contributed by atoms with E-state index in [4.69, 9.17) is 5.11 Å². The minimum Gasteiger partial charge on any atom is -0.505 e. The number of carbonyl (C=O) groups excluding carboxylic acids is 1. The Hall–Kier alpha value is -4.14. The van der Waals surface area contributed by atoms with Crippen LogP contribution in [0.1, 0.15) is 35.3 Å². The molecule has 1 amide bonds. The number of aromatic hydroxyl groups is 1. The molecule has 0 aliphatic carbocycles. The first kappa shape index (κ1) is 22.5. The fourth-order valence-corrected chi connectivity index (χ4v) is 3.36. The molecule has 3 rings (SSSR count). The first-order valence-corrected chi connectivity index (χ1v) is 9.95. The molecule has 0 fully saturated rings. The lowest BCUT2D eigenvalue weighted by atomic mass is 10.0. The molecule has 32 heavy (non-hydrogen) atoms. The van der Waals surface area contributed by atoms with Gasteiger partial charge in [-0.1, -0.05) is 43.3 Å². The number of nitrogens with zero attached hydrogens (tertiary/aromatic N) is 1. The van der Waals surface area contributed by atoms with Crippen molar-refractivity contribution in [3.05, 3.63) is 80.1 Å². The van der Waals surface area contributed by atoms with Gasteiger partial charge in [0.2, 0.25) is 0 Å². The number of anilines is 3. The van der Waals surface area contributed by atoms with E-state index in [1.807, 2.05) is 37.3 Å². The van der Waals surface area contributed by atoms with E-state index in [9.17, 15) is 24.3 Å². The quantitative estimate of drug-likeness (QED) is 0.296. The van der Waals surface area contributed by atoms with Crippen molar-refractivity contribution in [1.29, 1.82) is 0 Å². The highest BCUT2D eigenvalue weighted by molar-refractivity contribution is 6.00. The van der Waals surface area contributed by atoms with Crippen molar-refractivity contribution >= 4 is 28.9 Å². The number of para-hydroxylation sites is 1. The number of benzene rings is 2. The monoisotopic (exact) mass is 437 g/mol. The van der Waals surface area contributed by atoms with Crippen molar-refractivity contribution in [2.45, 2.75) is 19.4 Å². The fourth-order valence-electron chi connectivity index (χ4n) is 3.36. The average molecular weight is 437 g/mol. The van der Waals surface area contributed by atoms with Crippen molar-refractivity contribution in [3.63, 3.8) is 0 Å². The molecular formula is C23H23N3O6. The standard InChI is InChI=1S/C23H23N3O6/c1-3-15(13-8-5-4-6-9-13)24-18-19(22(31)21(18)30)25-16-11-7-10-14(20(16)29)23(32)26(2)12-17(27)28/h4-11,15,24-25,29H,3,12H2,1-2H3,(H,27,28)/t15-/m1/s1. The van der Waals surface area contributed by atoms with Crippen molar-refractivity contribution in [2.75, 3.05) is 24.2 Å². The zero-order chi connectivity index (χ0) is 23.4. The molecule has 0 aromatic heterocycles. The maximum Gasteiger partial charge on any atom is 0.323 e. The van der Waals surface area contributed by atoms with E-state index in [-0.39, 0.29) is 28.7 Å². The second-order valence-corrected chi connectivity index (χ2v) is 7.31.